The van der Waals surface area contributed by atoms with Crippen LogP contribution in [0.2, 0.25) is 10.0 Å². The van der Waals surface area contributed by atoms with Crippen molar-refractivity contribution in [2.45, 2.75) is 11.3 Å². The summed E-state index contributed by atoms with van der Waals surface area (Å²) in [6.45, 7) is 0.213. The number of nitrogens with two attached hydrogens (primary N) is 1. The van der Waals surface area contributed by atoms with Crippen molar-refractivity contribution in [1.82, 2.24) is 9.71 Å². The van der Waals surface area contributed by atoms with Crippen molar-refractivity contribution in [2.24, 2.45) is 0 Å². The highest BCUT2D eigenvalue weighted by Gasteiger charge is 2.21. The van der Waals surface area contributed by atoms with Gasteiger partial charge in [-0.2, -0.15) is 0 Å². The number of aromatic nitrogens is 1. The number of nitrogens with one attached hydrogen (secondary N) is 1. The van der Waals surface area contributed by atoms with Crippen molar-refractivity contribution in [1.29, 1.82) is 0 Å². The van der Waals surface area contributed by atoms with Gasteiger partial charge in [0.25, 0.3) is 0 Å². The summed E-state index contributed by atoms with van der Waals surface area (Å²) in [5.41, 5.74) is 8.21. The third-order valence-electron chi connectivity index (χ3n) is 2.46. The minimum Gasteiger partial charge on any atom is -0.398 e. The molecule has 2 rings (SSSR count). The van der Waals surface area contributed by atoms with Crippen LogP contribution >= 0.6 is 34.5 Å². The topological polar surface area (TPSA) is 85.1 Å². The molecule has 0 aliphatic carbocycles. The number of anilines is 1. The van der Waals surface area contributed by atoms with Gasteiger partial charge in [0.1, 0.15) is 4.90 Å². The van der Waals surface area contributed by atoms with E-state index < -0.39 is 10.0 Å². The van der Waals surface area contributed by atoms with Crippen molar-refractivity contribution in [3.63, 3.8) is 0 Å². The van der Waals surface area contributed by atoms with Gasteiger partial charge in [0.2, 0.25) is 10.0 Å². The maximum atomic E-state index is 12.2. The van der Waals surface area contributed by atoms with E-state index in [9.17, 15) is 8.42 Å². The van der Waals surface area contributed by atoms with Gasteiger partial charge in [-0.1, -0.05) is 23.2 Å². The molecule has 0 radical (unpaired) electrons. The zero-order valence-electron chi connectivity index (χ0n) is 10.1. The van der Waals surface area contributed by atoms with Crippen LogP contribution in [0.1, 0.15) is 5.69 Å². The van der Waals surface area contributed by atoms with Crippen LogP contribution in [0, 0.1) is 0 Å². The highest BCUT2D eigenvalue weighted by atomic mass is 35.5. The highest BCUT2D eigenvalue weighted by molar-refractivity contribution is 7.89. The second-order valence-electron chi connectivity index (χ2n) is 3.93. The molecule has 2 aromatic rings. The van der Waals surface area contributed by atoms with E-state index in [0.717, 1.165) is 5.69 Å². The molecular weight excluding hydrogens is 341 g/mol. The average molecular weight is 352 g/mol. The molecule has 0 saturated heterocycles. The second-order valence-corrected chi connectivity index (χ2v) is 7.20. The Labute approximate surface area is 130 Å². The monoisotopic (exact) mass is 351 g/mol. The summed E-state index contributed by atoms with van der Waals surface area (Å²) >= 11 is 13.1. The Morgan fingerprint density at radius 2 is 2.10 bits per heavy atom. The Kier molecular flexibility index (Phi) is 4.87. The van der Waals surface area contributed by atoms with Crippen molar-refractivity contribution >= 4 is 50.2 Å². The van der Waals surface area contributed by atoms with Crippen LogP contribution in [0.3, 0.4) is 0 Å². The molecule has 0 aliphatic rings. The SMILES string of the molecule is Nc1cc(Cl)cc(Cl)c1S(=O)(=O)NCCc1cscn1. The highest BCUT2D eigenvalue weighted by Crippen LogP contribution is 2.30. The molecule has 5 nitrogen and oxygen atoms in total. The Bertz CT molecular complexity index is 679. The summed E-state index contributed by atoms with van der Waals surface area (Å²) in [5, 5.41) is 2.14. The van der Waals surface area contributed by atoms with E-state index in [1.807, 2.05) is 5.38 Å². The molecule has 0 aliphatic heterocycles. The molecule has 3 N–H and O–H groups in total. The third kappa shape index (κ3) is 3.62. The quantitative estimate of drug-likeness (QED) is 0.810. The fourth-order valence-electron chi connectivity index (χ4n) is 1.61. The van der Waals surface area contributed by atoms with E-state index in [2.05, 4.69) is 9.71 Å². The first-order chi connectivity index (χ1) is 9.40. The van der Waals surface area contributed by atoms with Crippen molar-refractivity contribution in [3.8, 4) is 0 Å². The Morgan fingerprint density at radius 1 is 1.35 bits per heavy atom. The summed E-state index contributed by atoms with van der Waals surface area (Å²) in [7, 11) is -3.78. The summed E-state index contributed by atoms with van der Waals surface area (Å²) < 4.78 is 26.8. The van der Waals surface area contributed by atoms with E-state index >= 15 is 0 Å². The lowest BCUT2D eigenvalue weighted by atomic mass is 10.3. The standard InChI is InChI=1S/C11H11Cl2N3O2S2/c12-7-3-9(13)11(10(14)4-7)20(17,18)16-2-1-8-5-19-6-15-8/h3-6,16H,1-2,14H2. The fourth-order valence-corrected chi connectivity index (χ4v) is 4.22. The van der Waals surface area contributed by atoms with Crippen LogP contribution in [0.25, 0.3) is 0 Å². The molecule has 0 unspecified atom stereocenters. The summed E-state index contributed by atoms with van der Waals surface area (Å²) in [6.07, 6.45) is 0.494. The van der Waals surface area contributed by atoms with Gasteiger partial charge in [-0.25, -0.2) is 18.1 Å². The molecule has 0 bridgehead atoms. The molecule has 108 valence electrons. The Hall–Kier alpha value is -0.860. The first-order valence-corrected chi connectivity index (χ1v) is 8.69. The third-order valence-corrected chi connectivity index (χ3v) is 5.30. The van der Waals surface area contributed by atoms with Gasteiger partial charge < -0.3 is 5.73 Å². The molecule has 0 spiro atoms. The molecular formula is C11H11Cl2N3O2S2. The van der Waals surface area contributed by atoms with Gasteiger partial charge >= 0.3 is 0 Å². The molecule has 1 aromatic carbocycles. The van der Waals surface area contributed by atoms with Gasteiger partial charge in [-0.15, -0.1) is 11.3 Å². The van der Waals surface area contributed by atoms with Crippen LogP contribution in [0.4, 0.5) is 5.69 Å². The lowest BCUT2D eigenvalue weighted by molar-refractivity contribution is 0.582. The van der Waals surface area contributed by atoms with Crippen LogP contribution < -0.4 is 10.5 Å². The van der Waals surface area contributed by atoms with Crippen molar-refractivity contribution in [2.75, 3.05) is 12.3 Å². The molecule has 0 amide bonds. The Morgan fingerprint density at radius 3 is 2.70 bits per heavy atom. The zero-order valence-corrected chi connectivity index (χ0v) is 13.3. The van der Waals surface area contributed by atoms with E-state index in [-0.39, 0.29) is 27.2 Å². The number of halogens is 2. The maximum absolute atomic E-state index is 12.2. The molecule has 1 aromatic heterocycles. The van der Waals surface area contributed by atoms with Gasteiger partial charge in [0.05, 0.1) is 21.9 Å². The van der Waals surface area contributed by atoms with Crippen LogP contribution in [-0.2, 0) is 16.4 Å². The Balaban J connectivity index is 2.14. The number of hydrogen-bond acceptors (Lipinski definition) is 5. The molecule has 0 saturated carbocycles. The number of thiazole rings is 1. The normalized spacial score (nSPS) is 11.7. The minimum absolute atomic E-state index is 0.00356. The molecule has 0 atom stereocenters. The van der Waals surface area contributed by atoms with Gasteiger partial charge in [0, 0.05) is 23.4 Å². The van der Waals surface area contributed by atoms with Crippen molar-refractivity contribution in [3.05, 3.63) is 38.8 Å². The number of nitrogen functional groups attached to an aromatic ring is 1. The first-order valence-electron chi connectivity index (χ1n) is 5.51. The predicted octanol–water partition coefficient (Wildman–Crippen LogP) is 2.55. The zero-order chi connectivity index (χ0) is 14.8. The maximum Gasteiger partial charge on any atom is 0.244 e. The molecule has 1 heterocycles. The van der Waals surface area contributed by atoms with Gasteiger partial charge in [-0.3, -0.25) is 0 Å². The first kappa shape index (κ1) is 15.5. The summed E-state index contributed by atoms with van der Waals surface area (Å²) in [6, 6.07) is 2.69. The van der Waals surface area contributed by atoms with Crippen molar-refractivity contribution < 1.29 is 8.42 Å². The number of nitrogens with zero attached hydrogens (tertiary/aromatic N) is 1. The average Bonchev–Trinajstić information content (AvgIpc) is 2.79. The molecule has 9 heteroatoms. The number of rotatable bonds is 5. The summed E-state index contributed by atoms with van der Waals surface area (Å²) in [5.74, 6) is 0. The fraction of sp³-hybridized carbons (Fsp3) is 0.182. The van der Waals surface area contributed by atoms with Crippen LogP contribution in [0.5, 0.6) is 0 Å². The second kappa shape index (κ2) is 6.28. The largest absolute Gasteiger partial charge is 0.398 e. The van der Waals surface area contributed by atoms with Gasteiger partial charge in [0.15, 0.2) is 0 Å². The van der Waals surface area contributed by atoms with E-state index in [1.54, 1.807) is 5.51 Å². The van der Waals surface area contributed by atoms with E-state index in [0.29, 0.717) is 6.42 Å². The number of hydrogen-bond donors (Lipinski definition) is 2. The molecule has 0 fully saturated rings. The molecule has 20 heavy (non-hydrogen) atoms. The lowest BCUT2D eigenvalue weighted by Crippen LogP contribution is -2.27. The van der Waals surface area contributed by atoms with Crippen LogP contribution in [-0.4, -0.2) is 19.9 Å². The van der Waals surface area contributed by atoms with E-state index in [1.165, 1.54) is 23.5 Å². The predicted molar refractivity (Wildman–Crippen MR) is 81.9 cm³/mol. The number of sulfonamides is 1. The summed E-state index contributed by atoms with van der Waals surface area (Å²) in [4.78, 5) is 3.92. The minimum atomic E-state index is -3.78. The van der Waals surface area contributed by atoms with Gasteiger partial charge in [-0.05, 0) is 12.1 Å². The van der Waals surface area contributed by atoms with Crippen LogP contribution in [0.15, 0.2) is 27.9 Å². The lowest BCUT2D eigenvalue weighted by Gasteiger charge is -2.10. The smallest absolute Gasteiger partial charge is 0.244 e. The van der Waals surface area contributed by atoms with E-state index in [4.69, 9.17) is 28.9 Å². The number of benzene rings is 1.